The predicted molar refractivity (Wildman–Crippen MR) is 85.5 cm³/mol. The molecule has 2 heterocycles. The van der Waals surface area contributed by atoms with Crippen LogP contribution in [0.5, 0.6) is 0 Å². The summed E-state index contributed by atoms with van der Waals surface area (Å²) in [6.07, 6.45) is 1.34. The Hall–Kier alpha value is -3.16. The summed E-state index contributed by atoms with van der Waals surface area (Å²) in [7, 11) is 0. The van der Waals surface area contributed by atoms with E-state index in [0.29, 0.717) is 11.3 Å². The molecule has 3 aromatic rings. The van der Waals surface area contributed by atoms with Crippen LogP contribution in [0, 0.1) is 6.92 Å². The molecule has 0 aliphatic carbocycles. The molecule has 0 saturated carbocycles. The number of aromatic nitrogens is 3. The maximum atomic E-state index is 13.2. The van der Waals surface area contributed by atoms with E-state index < -0.39 is 17.6 Å². The summed E-state index contributed by atoms with van der Waals surface area (Å²) in [6.45, 7) is 1.73. The van der Waals surface area contributed by atoms with E-state index in [1.165, 1.54) is 41.5 Å². The number of imidazole rings is 1. The average molecular weight is 346 g/mol. The lowest BCUT2D eigenvalue weighted by Gasteiger charge is -2.13. The van der Waals surface area contributed by atoms with Gasteiger partial charge in [-0.15, -0.1) is 0 Å². The van der Waals surface area contributed by atoms with Crippen molar-refractivity contribution in [3.8, 4) is 5.69 Å². The molecular weight excluding hydrogens is 333 g/mol. The van der Waals surface area contributed by atoms with Crippen molar-refractivity contribution in [3.05, 3.63) is 72.1 Å². The molecule has 1 N–H and O–H groups in total. The van der Waals surface area contributed by atoms with Gasteiger partial charge in [-0.25, -0.2) is 4.98 Å². The molecule has 0 bridgehead atoms. The van der Waals surface area contributed by atoms with Crippen molar-refractivity contribution in [2.24, 2.45) is 0 Å². The first-order valence-corrected chi connectivity index (χ1v) is 7.27. The van der Waals surface area contributed by atoms with Crippen molar-refractivity contribution in [3.63, 3.8) is 0 Å². The minimum absolute atomic E-state index is 0.0398. The van der Waals surface area contributed by atoms with Gasteiger partial charge in [0, 0.05) is 35.5 Å². The van der Waals surface area contributed by atoms with Crippen LogP contribution < -0.4 is 5.32 Å². The number of carbonyl (C=O) groups is 1. The number of benzene rings is 1. The molecule has 1 amide bonds. The van der Waals surface area contributed by atoms with Gasteiger partial charge in [0.1, 0.15) is 0 Å². The molecule has 0 aliphatic heterocycles. The first-order valence-electron chi connectivity index (χ1n) is 7.27. The molecule has 0 radical (unpaired) electrons. The standard InChI is InChI=1S/C17H13F3N4O/c1-11-9-24(10-22-11)15-7-13(17(18,19)20)6-14(8-15)23-16(25)12-2-4-21-5-3-12/h2-10H,1H3,(H,23,25). The van der Waals surface area contributed by atoms with Crippen LogP contribution in [-0.4, -0.2) is 20.4 Å². The number of anilines is 1. The highest BCUT2D eigenvalue weighted by molar-refractivity contribution is 6.04. The first kappa shape index (κ1) is 16.7. The predicted octanol–water partition coefficient (Wildman–Crippen LogP) is 3.85. The lowest BCUT2D eigenvalue weighted by Crippen LogP contribution is -2.14. The van der Waals surface area contributed by atoms with E-state index >= 15 is 0 Å². The van der Waals surface area contributed by atoms with Crippen molar-refractivity contribution < 1.29 is 18.0 Å². The molecule has 25 heavy (non-hydrogen) atoms. The number of hydrogen-bond acceptors (Lipinski definition) is 3. The van der Waals surface area contributed by atoms with Gasteiger partial charge in [-0.05, 0) is 37.3 Å². The quantitative estimate of drug-likeness (QED) is 0.784. The topological polar surface area (TPSA) is 59.8 Å². The van der Waals surface area contributed by atoms with Gasteiger partial charge in [-0.2, -0.15) is 13.2 Å². The van der Waals surface area contributed by atoms with Crippen molar-refractivity contribution >= 4 is 11.6 Å². The monoisotopic (exact) mass is 346 g/mol. The Labute approximate surface area is 141 Å². The van der Waals surface area contributed by atoms with Crippen LogP contribution in [-0.2, 0) is 6.18 Å². The Morgan fingerprint density at radius 3 is 2.48 bits per heavy atom. The van der Waals surface area contributed by atoms with Gasteiger partial charge in [0.2, 0.25) is 0 Å². The number of aryl methyl sites for hydroxylation is 1. The second-order valence-electron chi connectivity index (χ2n) is 5.38. The van der Waals surface area contributed by atoms with Crippen LogP contribution >= 0.6 is 0 Å². The number of nitrogens with one attached hydrogen (secondary N) is 1. The third-order valence-corrected chi connectivity index (χ3v) is 3.46. The molecule has 8 heteroatoms. The van der Waals surface area contributed by atoms with E-state index in [1.807, 2.05) is 0 Å². The summed E-state index contributed by atoms with van der Waals surface area (Å²) in [5, 5.41) is 2.49. The first-order chi connectivity index (χ1) is 11.8. The summed E-state index contributed by atoms with van der Waals surface area (Å²) in [5.41, 5.74) is 0.395. The average Bonchev–Trinajstić information content (AvgIpc) is 3.01. The maximum absolute atomic E-state index is 13.2. The van der Waals surface area contributed by atoms with Gasteiger partial charge in [0.15, 0.2) is 0 Å². The minimum Gasteiger partial charge on any atom is -0.322 e. The largest absolute Gasteiger partial charge is 0.416 e. The number of pyridine rings is 1. The highest BCUT2D eigenvalue weighted by Crippen LogP contribution is 2.33. The molecule has 1 aromatic carbocycles. The normalized spacial score (nSPS) is 11.4. The number of amides is 1. The second kappa shape index (κ2) is 6.39. The Morgan fingerprint density at radius 1 is 1.16 bits per heavy atom. The Morgan fingerprint density at radius 2 is 1.88 bits per heavy atom. The van der Waals surface area contributed by atoms with Crippen LogP contribution in [0.15, 0.2) is 55.2 Å². The number of nitrogens with zero attached hydrogens (tertiary/aromatic N) is 3. The smallest absolute Gasteiger partial charge is 0.322 e. The fourth-order valence-electron chi connectivity index (χ4n) is 2.27. The lowest BCUT2D eigenvalue weighted by atomic mass is 10.1. The van der Waals surface area contributed by atoms with Gasteiger partial charge >= 0.3 is 6.18 Å². The van der Waals surface area contributed by atoms with E-state index in [4.69, 9.17) is 0 Å². The van der Waals surface area contributed by atoms with Gasteiger partial charge in [-0.1, -0.05) is 0 Å². The lowest BCUT2D eigenvalue weighted by molar-refractivity contribution is -0.137. The SMILES string of the molecule is Cc1cn(-c2cc(NC(=O)c3ccncc3)cc(C(F)(F)F)c2)cn1. The third-order valence-electron chi connectivity index (χ3n) is 3.46. The maximum Gasteiger partial charge on any atom is 0.416 e. The minimum atomic E-state index is -4.54. The number of halogens is 3. The van der Waals surface area contributed by atoms with Crippen LogP contribution in [0.2, 0.25) is 0 Å². The summed E-state index contributed by atoms with van der Waals surface area (Å²) in [4.78, 5) is 20.0. The van der Waals surface area contributed by atoms with Gasteiger partial charge < -0.3 is 9.88 Å². The Bertz CT molecular complexity index is 904. The fraction of sp³-hybridized carbons (Fsp3) is 0.118. The summed E-state index contributed by atoms with van der Waals surface area (Å²) >= 11 is 0. The molecule has 128 valence electrons. The van der Waals surface area contributed by atoms with E-state index in [9.17, 15) is 18.0 Å². The zero-order valence-electron chi connectivity index (χ0n) is 13.1. The van der Waals surface area contributed by atoms with Crippen LogP contribution in [0.4, 0.5) is 18.9 Å². The molecule has 5 nitrogen and oxygen atoms in total. The van der Waals surface area contributed by atoms with Crippen molar-refractivity contribution in [1.29, 1.82) is 0 Å². The Balaban J connectivity index is 1.99. The highest BCUT2D eigenvalue weighted by Gasteiger charge is 2.31. The number of alkyl halides is 3. The molecule has 0 spiro atoms. The van der Waals surface area contributed by atoms with E-state index in [-0.39, 0.29) is 11.4 Å². The summed E-state index contributed by atoms with van der Waals surface area (Å²) in [6, 6.07) is 6.30. The van der Waals surface area contributed by atoms with Crippen molar-refractivity contribution in [2.45, 2.75) is 13.1 Å². The van der Waals surface area contributed by atoms with Crippen LogP contribution in [0.25, 0.3) is 5.69 Å². The molecule has 0 atom stereocenters. The second-order valence-corrected chi connectivity index (χ2v) is 5.38. The Kier molecular flexibility index (Phi) is 4.26. The molecule has 0 unspecified atom stereocenters. The van der Waals surface area contributed by atoms with Gasteiger partial charge in [-0.3, -0.25) is 9.78 Å². The zero-order valence-corrected chi connectivity index (χ0v) is 13.1. The number of carbonyl (C=O) groups excluding carboxylic acids is 1. The third kappa shape index (κ3) is 3.85. The van der Waals surface area contributed by atoms with E-state index in [1.54, 1.807) is 13.1 Å². The molecular formula is C17H13F3N4O. The van der Waals surface area contributed by atoms with E-state index in [2.05, 4.69) is 15.3 Å². The molecule has 0 fully saturated rings. The highest BCUT2D eigenvalue weighted by atomic mass is 19.4. The molecule has 2 aromatic heterocycles. The zero-order chi connectivity index (χ0) is 18.0. The summed E-state index contributed by atoms with van der Waals surface area (Å²) < 4.78 is 41.0. The number of rotatable bonds is 3. The van der Waals surface area contributed by atoms with Crippen molar-refractivity contribution in [2.75, 3.05) is 5.32 Å². The molecule has 0 aliphatic rings. The van der Waals surface area contributed by atoms with Gasteiger partial charge in [0.25, 0.3) is 5.91 Å². The molecule has 3 rings (SSSR count). The van der Waals surface area contributed by atoms with E-state index in [0.717, 1.165) is 12.1 Å². The van der Waals surface area contributed by atoms with Crippen molar-refractivity contribution in [1.82, 2.24) is 14.5 Å². The van der Waals surface area contributed by atoms with Crippen LogP contribution in [0.3, 0.4) is 0 Å². The van der Waals surface area contributed by atoms with Crippen LogP contribution in [0.1, 0.15) is 21.6 Å². The number of hydrogen-bond donors (Lipinski definition) is 1. The summed E-state index contributed by atoms with van der Waals surface area (Å²) in [5.74, 6) is -0.519. The molecule has 0 saturated heterocycles. The fourth-order valence-corrected chi connectivity index (χ4v) is 2.27. The van der Waals surface area contributed by atoms with Gasteiger partial charge in [0.05, 0.1) is 17.6 Å².